The highest BCUT2D eigenvalue weighted by Gasteiger charge is 2.25. The second kappa shape index (κ2) is 4.13. The molecule has 0 aromatic heterocycles. The molecule has 0 aromatic carbocycles. The Kier molecular flexibility index (Phi) is 3.35. The first-order valence-corrected chi connectivity index (χ1v) is 5.33. The van der Waals surface area contributed by atoms with Crippen LogP contribution in [0.1, 0.15) is 46.5 Å². The van der Waals surface area contributed by atoms with Crippen LogP contribution in [0.3, 0.4) is 0 Å². The second-order valence-electron chi connectivity index (χ2n) is 5.19. The maximum atomic E-state index is 3.78. The van der Waals surface area contributed by atoms with Gasteiger partial charge in [0.25, 0.3) is 0 Å². The van der Waals surface area contributed by atoms with Gasteiger partial charge in [-0.25, -0.2) is 0 Å². The van der Waals surface area contributed by atoms with E-state index >= 15 is 0 Å². The van der Waals surface area contributed by atoms with E-state index in [0.717, 1.165) is 12.3 Å². The first kappa shape index (κ1) is 10.6. The molecule has 1 unspecified atom stereocenters. The van der Waals surface area contributed by atoms with E-state index in [1.807, 2.05) is 6.08 Å². The van der Waals surface area contributed by atoms with Crippen LogP contribution in [-0.2, 0) is 0 Å². The summed E-state index contributed by atoms with van der Waals surface area (Å²) in [5.41, 5.74) is 2.08. The quantitative estimate of drug-likeness (QED) is 0.552. The molecule has 0 nitrogen and oxygen atoms in total. The van der Waals surface area contributed by atoms with Crippen LogP contribution in [0.15, 0.2) is 24.3 Å². The predicted molar refractivity (Wildman–Crippen MR) is 59.7 cm³/mol. The van der Waals surface area contributed by atoms with Crippen molar-refractivity contribution in [1.29, 1.82) is 0 Å². The van der Waals surface area contributed by atoms with Gasteiger partial charge in [-0.2, -0.15) is 0 Å². The van der Waals surface area contributed by atoms with Crippen molar-refractivity contribution in [2.45, 2.75) is 46.5 Å². The SMILES string of the molecule is C=CCC1=CCC(C(C)(C)C)CC1. The lowest BCUT2D eigenvalue weighted by Crippen LogP contribution is -2.22. The van der Waals surface area contributed by atoms with Crippen molar-refractivity contribution in [2.24, 2.45) is 11.3 Å². The molecule has 0 spiro atoms. The van der Waals surface area contributed by atoms with Crippen molar-refractivity contribution < 1.29 is 0 Å². The highest BCUT2D eigenvalue weighted by molar-refractivity contribution is 5.10. The van der Waals surface area contributed by atoms with Crippen LogP contribution in [0.25, 0.3) is 0 Å². The average Bonchev–Trinajstić information content (AvgIpc) is 2.04. The minimum atomic E-state index is 0.482. The van der Waals surface area contributed by atoms with Gasteiger partial charge in [-0.15, -0.1) is 6.58 Å². The lowest BCUT2D eigenvalue weighted by Gasteiger charge is -2.33. The highest BCUT2D eigenvalue weighted by Crippen LogP contribution is 2.37. The smallest absolute Gasteiger partial charge is 0.0142 e. The molecule has 0 fully saturated rings. The Hall–Kier alpha value is -0.520. The molecule has 1 aliphatic rings. The molecule has 0 radical (unpaired) electrons. The summed E-state index contributed by atoms with van der Waals surface area (Å²) >= 11 is 0. The molecule has 74 valence electrons. The van der Waals surface area contributed by atoms with Crippen LogP contribution in [0.5, 0.6) is 0 Å². The van der Waals surface area contributed by atoms with Crippen LogP contribution in [0, 0.1) is 11.3 Å². The van der Waals surface area contributed by atoms with E-state index in [-0.39, 0.29) is 0 Å². The van der Waals surface area contributed by atoms with Gasteiger partial charge >= 0.3 is 0 Å². The van der Waals surface area contributed by atoms with Crippen molar-refractivity contribution in [3.63, 3.8) is 0 Å². The molecule has 0 heteroatoms. The minimum Gasteiger partial charge on any atom is -0.103 e. The molecule has 1 atom stereocenters. The van der Waals surface area contributed by atoms with E-state index in [2.05, 4.69) is 33.4 Å². The van der Waals surface area contributed by atoms with Crippen LogP contribution in [0.4, 0.5) is 0 Å². The monoisotopic (exact) mass is 178 g/mol. The van der Waals surface area contributed by atoms with E-state index in [4.69, 9.17) is 0 Å². The molecule has 0 N–H and O–H groups in total. The largest absolute Gasteiger partial charge is 0.103 e. The third-order valence-electron chi connectivity index (χ3n) is 3.14. The summed E-state index contributed by atoms with van der Waals surface area (Å²) in [5, 5.41) is 0. The van der Waals surface area contributed by atoms with Gasteiger partial charge in [0.2, 0.25) is 0 Å². The van der Waals surface area contributed by atoms with Crippen LogP contribution in [0.2, 0.25) is 0 Å². The van der Waals surface area contributed by atoms with Gasteiger partial charge < -0.3 is 0 Å². The minimum absolute atomic E-state index is 0.482. The molecule has 0 heterocycles. The summed E-state index contributed by atoms with van der Waals surface area (Å²) in [5.74, 6) is 0.876. The zero-order chi connectivity index (χ0) is 9.90. The van der Waals surface area contributed by atoms with Crippen LogP contribution < -0.4 is 0 Å². The van der Waals surface area contributed by atoms with Crippen molar-refractivity contribution in [2.75, 3.05) is 0 Å². The number of hydrogen-bond acceptors (Lipinski definition) is 0. The summed E-state index contributed by atoms with van der Waals surface area (Å²) < 4.78 is 0. The molecule has 0 saturated carbocycles. The molecule has 1 rings (SSSR count). The van der Waals surface area contributed by atoms with Gasteiger partial charge in [-0.1, -0.05) is 38.5 Å². The Balaban J connectivity index is 2.51. The summed E-state index contributed by atoms with van der Waals surface area (Å²) in [4.78, 5) is 0. The Morgan fingerprint density at radius 2 is 2.23 bits per heavy atom. The van der Waals surface area contributed by atoms with Crippen molar-refractivity contribution in [3.05, 3.63) is 24.3 Å². The van der Waals surface area contributed by atoms with Crippen molar-refractivity contribution in [1.82, 2.24) is 0 Å². The van der Waals surface area contributed by atoms with Gasteiger partial charge in [-0.05, 0) is 37.0 Å². The summed E-state index contributed by atoms with van der Waals surface area (Å²) in [6, 6.07) is 0. The van der Waals surface area contributed by atoms with E-state index in [0.29, 0.717) is 5.41 Å². The van der Waals surface area contributed by atoms with E-state index in [9.17, 15) is 0 Å². The third kappa shape index (κ3) is 3.02. The zero-order valence-electron chi connectivity index (χ0n) is 9.27. The normalized spacial score (nSPS) is 23.9. The number of rotatable bonds is 2. The third-order valence-corrected chi connectivity index (χ3v) is 3.14. The fourth-order valence-electron chi connectivity index (χ4n) is 2.05. The lowest BCUT2D eigenvalue weighted by molar-refractivity contribution is 0.220. The molecule has 13 heavy (non-hydrogen) atoms. The Bertz CT molecular complexity index is 203. The Morgan fingerprint density at radius 1 is 1.54 bits per heavy atom. The van der Waals surface area contributed by atoms with E-state index in [1.165, 1.54) is 19.3 Å². The predicted octanol–water partition coefficient (Wildman–Crippen LogP) is 4.34. The molecular weight excluding hydrogens is 156 g/mol. The molecular formula is C13H22. The average molecular weight is 178 g/mol. The van der Waals surface area contributed by atoms with E-state index in [1.54, 1.807) is 5.57 Å². The van der Waals surface area contributed by atoms with Crippen LogP contribution >= 0.6 is 0 Å². The molecule has 0 aliphatic heterocycles. The molecule has 0 bridgehead atoms. The topological polar surface area (TPSA) is 0 Å². The fraction of sp³-hybridized carbons (Fsp3) is 0.692. The standard InChI is InChI=1S/C13H22/c1-5-6-11-7-9-12(10-8-11)13(2,3)4/h5,7,12H,1,6,8-10H2,2-4H3. The fourth-order valence-corrected chi connectivity index (χ4v) is 2.05. The van der Waals surface area contributed by atoms with Gasteiger partial charge in [0.1, 0.15) is 0 Å². The summed E-state index contributed by atoms with van der Waals surface area (Å²) in [6.45, 7) is 10.8. The first-order chi connectivity index (χ1) is 6.04. The van der Waals surface area contributed by atoms with Gasteiger partial charge in [0.15, 0.2) is 0 Å². The molecule has 0 aromatic rings. The summed E-state index contributed by atoms with van der Waals surface area (Å²) in [6.07, 6.45) is 9.46. The van der Waals surface area contributed by atoms with Gasteiger partial charge in [-0.3, -0.25) is 0 Å². The number of allylic oxidation sites excluding steroid dienone is 3. The Labute approximate surface area is 82.7 Å². The zero-order valence-corrected chi connectivity index (χ0v) is 9.27. The number of hydrogen-bond donors (Lipinski definition) is 0. The van der Waals surface area contributed by atoms with Crippen LogP contribution in [-0.4, -0.2) is 0 Å². The lowest BCUT2D eigenvalue weighted by atomic mass is 9.73. The summed E-state index contributed by atoms with van der Waals surface area (Å²) in [7, 11) is 0. The molecule has 0 saturated heterocycles. The first-order valence-electron chi connectivity index (χ1n) is 5.33. The Morgan fingerprint density at radius 3 is 2.62 bits per heavy atom. The maximum Gasteiger partial charge on any atom is -0.0142 e. The van der Waals surface area contributed by atoms with E-state index < -0.39 is 0 Å². The highest BCUT2D eigenvalue weighted by atomic mass is 14.3. The molecule has 1 aliphatic carbocycles. The van der Waals surface area contributed by atoms with Crippen molar-refractivity contribution in [3.8, 4) is 0 Å². The maximum absolute atomic E-state index is 3.78. The van der Waals surface area contributed by atoms with Gasteiger partial charge in [0.05, 0.1) is 0 Å². The van der Waals surface area contributed by atoms with Crippen molar-refractivity contribution >= 4 is 0 Å². The second-order valence-corrected chi connectivity index (χ2v) is 5.19. The molecule has 0 amide bonds. The van der Waals surface area contributed by atoms with Gasteiger partial charge in [0, 0.05) is 0 Å².